The third-order valence-electron chi connectivity index (χ3n) is 3.15. The lowest BCUT2D eigenvalue weighted by Crippen LogP contribution is -2.28. The Labute approximate surface area is 124 Å². The predicted molar refractivity (Wildman–Crippen MR) is 80.9 cm³/mol. The van der Waals surface area contributed by atoms with E-state index in [1.807, 2.05) is 44.2 Å². The van der Waals surface area contributed by atoms with Crippen LogP contribution < -0.4 is 5.32 Å². The number of rotatable bonds is 4. The number of aryl methyl sites for hydroxylation is 1. The fourth-order valence-electron chi connectivity index (χ4n) is 2.04. The molecular weight excluding hydrogens is 272 g/mol. The molecular formula is C16H17ClN2O. The first kappa shape index (κ1) is 14.5. The molecule has 2 rings (SSSR count). The second-order valence-electron chi connectivity index (χ2n) is 4.65. The average Bonchev–Trinajstić information content (AvgIpc) is 2.45. The Morgan fingerprint density at radius 1 is 1.35 bits per heavy atom. The summed E-state index contributed by atoms with van der Waals surface area (Å²) in [6.07, 6.45) is 2.33. The molecule has 1 N–H and O–H groups in total. The van der Waals surface area contributed by atoms with Crippen LogP contribution in [0.1, 0.15) is 41.0 Å². The fraction of sp³-hybridized carbons (Fsp3) is 0.250. The quantitative estimate of drug-likeness (QED) is 0.926. The average molecular weight is 289 g/mol. The van der Waals surface area contributed by atoms with Crippen molar-refractivity contribution in [2.24, 2.45) is 0 Å². The second-order valence-corrected chi connectivity index (χ2v) is 5.06. The highest BCUT2D eigenvalue weighted by atomic mass is 35.5. The smallest absolute Gasteiger partial charge is 0.254 e. The fourth-order valence-corrected chi connectivity index (χ4v) is 2.33. The molecule has 0 fully saturated rings. The van der Waals surface area contributed by atoms with Crippen LogP contribution in [-0.4, -0.2) is 10.9 Å². The molecule has 0 saturated heterocycles. The highest BCUT2D eigenvalue weighted by molar-refractivity contribution is 6.33. The second kappa shape index (κ2) is 6.53. The van der Waals surface area contributed by atoms with Crippen molar-refractivity contribution in [3.63, 3.8) is 0 Å². The summed E-state index contributed by atoms with van der Waals surface area (Å²) in [6.45, 7) is 3.87. The van der Waals surface area contributed by atoms with Gasteiger partial charge < -0.3 is 5.32 Å². The van der Waals surface area contributed by atoms with Crippen LogP contribution in [0.4, 0.5) is 0 Å². The Morgan fingerprint density at radius 3 is 2.65 bits per heavy atom. The number of nitrogens with zero attached hydrogens (tertiary/aromatic N) is 1. The zero-order chi connectivity index (χ0) is 14.5. The normalized spacial score (nSPS) is 11.9. The lowest BCUT2D eigenvalue weighted by Gasteiger charge is -2.17. The monoisotopic (exact) mass is 288 g/mol. The summed E-state index contributed by atoms with van der Waals surface area (Å²) in [7, 11) is 0. The van der Waals surface area contributed by atoms with Crippen LogP contribution in [0, 0.1) is 6.92 Å². The van der Waals surface area contributed by atoms with Crippen LogP contribution in [0.5, 0.6) is 0 Å². The number of hydrogen-bond acceptors (Lipinski definition) is 2. The van der Waals surface area contributed by atoms with E-state index in [0.717, 1.165) is 17.7 Å². The molecule has 0 radical (unpaired) electrons. The van der Waals surface area contributed by atoms with Gasteiger partial charge in [0.25, 0.3) is 5.91 Å². The van der Waals surface area contributed by atoms with Crippen molar-refractivity contribution in [3.8, 4) is 0 Å². The number of carbonyl (C=O) groups excluding carboxylic acids is 1. The molecule has 0 aliphatic carbocycles. The van der Waals surface area contributed by atoms with Crippen molar-refractivity contribution >= 4 is 17.5 Å². The zero-order valence-electron chi connectivity index (χ0n) is 11.6. The highest BCUT2D eigenvalue weighted by Crippen LogP contribution is 2.20. The van der Waals surface area contributed by atoms with Crippen molar-refractivity contribution in [2.75, 3.05) is 0 Å². The largest absolute Gasteiger partial charge is 0.345 e. The lowest BCUT2D eigenvalue weighted by atomic mass is 10.0. The first-order valence-corrected chi connectivity index (χ1v) is 6.97. The number of pyridine rings is 1. The van der Waals surface area contributed by atoms with Crippen LogP contribution in [0.25, 0.3) is 0 Å². The SMILES string of the molecule is CCC(NC(=O)c1cnc(C)cc1Cl)c1ccccc1. The summed E-state index contributed by atoms with van der Waals surface area (Å²) in [5.41, 5.74) is 2.29. The van der Waals surface area contributed by atoms with E-state index >= 15 is 0 Å². The molecule has 1 unspecified atom stereocenters. The maximum absolute atomic E-state index is 12.3. The van der Waals surface area contributed by atoms with E-state index in [0.29, 0.717) is 10.6 Å². The maximum Gasteiger partial charge on any atom is 0.254 e. The summed E-state index contributed by atoms with van der Waals surface area (Å²) in [6, 6.07) is 11.6. The van der Waals surface area contributed by atoms with Crippen LogP contribution in [0.3, 0.4) is 0 Å². The number of amides is 1. The molecule has 1 aromatic carbocycles. The highest BCUT2D eigenvalue weighted by Gasteiger charge is 2.16. The summed E-state index contributed by atoms with van der Waals surface area (Å²) in [5.74, 6) is -0.196. The van der Waals surface area contributed by atoms with E-state index in [1.165, 1.54) is 6.20 Å². The lowest BCUT2D eigenvalue weighted by molar-refractivity contribution is 0.0935. The number of nitrogens with one attached hydrogen (secondary N) is 1. The summed E-state index contributed by atoms with van der Waals surface area (Å²) in [5, 5.41) is 3.42. The zero-order valence-corrected chi connectivity index (χ0v) is 12.3. The van der Waals surface area contributed by atoms with Gasteiger partial charge in [-0.3, -0.25) is 9.78 Å². The molecule has 104 valence electrons. The molecule has 0 aliphatic rings. The minimum Gasteiger partial charge on any atom is -0.345 e. The van der Waals surface area contributed by atoms with Gasteiger partial charge in [0, 0.05) is 11.9 Å². The van der Waals surface area contributed by atoms with E-state index in [4.69, 9.17) is 11.6 Å². The Balaban J connectivity index is 2.17. The molecule has 1 heterocycles. The number of benzene rings is 1. The van der Waals surface area contributed by atoms with E-state index in [2.05, 4.69) is 10.3 Å². The van der Waals surface area contributed by atoms with E-state index < -0.39 is 0 Å². The Hall–Kier alpha value is -1.87. The molecule has 20 heavy (non-hydrogen) atoms. The van der Waals surface area contributed by atoms with Gasteiger partial charge in [-0.15, -0.1) is 0 Å². The number of carbonyl (C=O) groups is 1. The van der Waals surface area contributed by atoms with Crippen molar-refractivity contribution < 1.29 is 4.79 Å². The Kier molecular flexibility index (Phi) is 4.74. The summed E-state index contributed by atoms with van der Waals surface area (Å²) < 4.78 is 0. The predicted octanol–water partition coefficient (Wildman–Crippen LogP) is 3.92. The minimum atomic E-state index is -0.196. The summed E-state index contributed by atoms with van der Waals surface area (Å²) >= 11 is 6.10. The first-order valence-electron chi connectivity index (χ1n) is 6.59. The van der Waals surface area contributed by atoms with Gasteiger partial charge in [0.2, 0.25) is 0 Å². The van der Waals surface area contributed by atoms with Gasteiger partial charge in [0.05, 0.1) is 16.6 Å². The van der Waals surface area contributed by atoms with Gasteiger partial charge in [-0.2, -0.15) is 0 Å². The topological polar surface area (TPSA) is 42.0 Å². The van der Waals surface area contributed by atoms with Crippen LogP contribution in [0.15, 0.2) is 42.6 Å². The molecule has 3 nitrogen and oxygen atoms in total. The molecule has 0 saturated carbocycles. The van der Waals surface area contributed by atoms with E-state index in [1.54, 1.807) is 6.07 Å². The van der Waals surface area contributed by atoms with E-state index in [9.17, 15) is 4.79 Å². The molecule has 1 aromatic heterocycles. The van der Waals surface area contributed by atoms with Crippen LogP contribution in [0.2, 0.25) is 5.02 Å². The Bertz CT molecular complexity index is 599. The third kappa shape index (κ3) is 3.36. The van der Waals surface area contributed by atoms with Gasteiger partial charge in [-0.25, -0.2) is 0 Å². The van der Waals surface area contributed by atoms with Crippen molar-refractivity contribution in [1.29, 1.82) is 0 Å². The molecule has 0 aliphatic heterocycles. The van der Waals surface area contributed by atoms with Crippen molar-refractivity contribution in [3.05, 3.63) is 64.4 Å². The molecule has 1 atom stereocenters. The van der Waals surface area contributed by atoms with Gasteiger partial charge in [-0.1, -0.05) is 48.9 Å². The molecule has 4 heteroatoms. The molecule has 1 amide bonds. The number of hydrogen-bond donors (Lipinski definition) is 1. The van der Waals surface area contributed by atoms with Gasteiger partial charge in [0.15, 0.2) is 0 Å². The maximum atomic E-state index is 12.3. The van der Waals surface area contributed by atoms with Gasteiger partial charge in [-0.05, 0) is 25.0 Å². The Morgan fingerprint density at radius 2 is 2.05 bits per heavy atom. The van der Waals surface area contributed by atoms with Gasteiger partial charge >= 0.3 is 0 Å². The molecule has 0 spiro atoms. The van der Waals surface area contributed by atoms with E-state index in [-0.39, 0.29) is 11.9 Å². The van der Waals surface area contributed by atoms with Gasteiger partial charge in [0.1, 0.15) is 0 Å². The summed E-state index contributed by atoms with van der Waals surface area (Å²) in [4.78, 5) is 16.4. The number of aromatic nitrogens is 1. The van der Waals surface area contributed by atoms with Crippen LogP contribution in [-0.2, 0) is 0 Å². The standard InChI is InChI=1S/C16H17ClN2O/c1-3-15(12-7-5-4-6-8-12)19-16(20)13-10-18-11(2)9-14(13)17/h4-10,15H,3H2,1-2H3,(H,19,20). The van der Waals surface area contributed by atoms with Crippen LogP contribution >= 0.6 is 11.6 Å². The molecule has 0 bridgehead atoms. The van der Waals surface area contributed by atoms with Crippen molar-refractivity contribution in [1.82, 2.24) is 10.3 Å². The molecule has 2 aromatic rings. The first-order chi connectivity index (χ1) is 9.61. The third-order valence-corrected chi connectivity index (χ3v) is 3.46. The number of halogens is 1. The minimum absolute atomic E-state index is 0.0268. The van der Waals surface area contributed by atoms with Crippen molar-refractivity contribution in [2.45, 2.75) is 26.3 Å².